The van der Waals surface area contributed by atoms with Crippen LogP contribution < -0.4 is 5.32 Å². The first kappa shape index (κ1) is 16.3. The van der Waals surface area contributed by atoms with Crippen molar-refractivity contribution in [1.29, 1.82) is 0 Å². The Labute approximate surface area is 126 Å². The first-order valence-corrected chi connectivity index (χ1v) is 9.16. The minimum atomic E-state index is 0.747. The molecule has 1 N–H and O–H groups in total. The molecule has 0 spiro atoms. The van der Waals surface area contributed by atoms with Crippen LogP contribution in [-0.4, -0.2) is 36.1 Å². The standard InChI is InChI=1S/C18H36N2/c1-5-11-19-17-10-7-15(14(3)4)13-18(17)20(12-6-2)16-8-9-16/h14-19H,5-13H2,1-4H3. The molecule has 118 valence electrons. The highest BCUT2D eigenvalue weighted by Gasteiger charge is 2.40. The fourth-order valence-corrected chi connectivity index (χ4v) is 4.00. The van der Waals surface area contributed by atoms with Gasteiger partial charge in [0.05, 0.1) is 0 Å². The van der Waals surface area contributed by atoms with E-state index in [1.54, 1.807) is 0 Å². The van der Waals surface area contributed by atoms with E-state index in [-0.39, 0.29) is 0 Å². The molecule has 3 unspecified atom stereocenters. The highest BCUT2D eigenvalue weighted by molar-refractivity contribution is 4.97. The summed E-state index contributed by atoms with van der Waals surface area (Å²) in [7, 11) is 0. The van der Waals surface area contributed by atoms with Crippen molar-refractivity contribution >= 4 is 0 Å². The van der Waals surface area contributed by atoms with Crippen molar-refractivity contribution in [3.8, 4) is 0 Å². The van der Waals surface area contributed by atoms with E-state index in [4.69, 9.17) is 0 Å². The molecular formula is C18H36N2. The number of hydrogen-bond acceptors (Lipinski definition) is 2. The molecule has 2 nitrogen and oxygen atoms in total. The van der Waals surface area contributed by atoms with Crippen LogP contribution in [0.1, 0.15) is 72.6 Å². The van der Waals surface area contributed by atoms with E-state index in [1.165, 1.54) is 58.0 Å². The Kier molecular flexibility index (Phi) is 6.35. The Balaban J connectivity index is 2.02. The summed E-state index contributed by atoms with van der Waals surface area (Å²) >= 11 is 0. The molecule has 20 heavy (non-hydrogen) atoms. The Hall–Kier alpha value is -0.0800. The van der Waals surface area contributed by atoms with E-state index in [0.29, 0.717) is 0 Å². The molecule has 2 aliphatic rings. The fraction of sp³-hybridized carbons (Fsp3) is 1.00. The quantitative estimate of drug-likeness (QED) is 0.721. The smallest absolute Gasteiger partial charge is 0.0255 e. The normalized spacial score (nSPS) is 31.2. The fourth-order valence-electron chi connectivity index (χ4n) is 4.00. The molecule has 3 atom stereocenters. The number of rotatable bonds is 8. The Morgan fingerprint density at radius 2 is 1.80 bits per heavy atom. The van der Waals surface area contributed by atoms with Crippen LogP contribution in [0.25, 0.3) is 0 Å². The third kappa shape index (κ3) is 4.21. The van der Waals surface area contributed by atoms with E-state index in [0.717, 1.165) is 30.0 Å². The molecule has 2 saturated carbocycles. The predicted octanol–water partition coefficient (Wildman–Crippen LogP) is 4.05. The molecule has 2 aliphatic carbocycles. The molecular weight excluding hydrogens is 244 g/mol. The van der Waals surface area contributed by atoms with Gasteiger partial charge in [-0.05, 0) is 69.9 Å². The van der Waals surface area contributed by atoms with Crippen LogP contribution in [0.15, 0.2) is 0 Å². The van der Waals surface area contributed by atoms with Crippen LogP contribution in [-0.2, 0) is 0 Å². The van der Waals surface area contributed by atoms with Crippen molar-refractivity contribution in [2.75, 3.05) is 13.1 Å². The highest BCUT2D eigenvalue weighted by atomic mass is 15.2. The van der Waals surface area contributed by atoms with Gasteiger partial charge in [-0.2, -0.15) is 0 Å². The zero-order valence-corrected chi connectivity index (χ0v) is 14.2. The van der Waals surface area contributed by atoms with Crippen LogP contribution in [0.2, 0.25) is 0 Å². The molecule has 0 saturated heterocycles. The minimum absolute atomic E-state index is 0.747. The van der Waals surface area contributed by atoms with E-state index >= 15 is 0 Å². The van der Waals surface area contributed by atoms with Gasteiger partial charge < -0.3 is 5.32 Å². The van der Waals surface area contributed by atoms with Gasteiger partial charge in [0.2, 0.25) is 0 Å². The third-order valence-electron chi connectivity index (χ3n) is 5.38. The van der Waals surface area contributed by atoms with Crippen LogP contribution >= 0.6 is 0 Å². The van der Waals surface area contributed by atoms with Gasteiger partial charge in [-0.25, -0.2) is 0 Å². The molecule has 0 heterocycles. The molecule has 0 amide bonds. The van der Waals surface area contributed by atoms with E-state index in [1.807, 2.05) is 0 Å². The average Bonchev–Trinajstić information content (AvgIpc) is 3.27. The number of nitrogens with one attached hydrogen (secondary N) is 1. The van der Waals surface area contributed by atoms with Crippen molar-refractivity contribution < 1.29 is 0 Å². The third-order valence-corrected chi connectivity index (χ3v) is 5.38. The molecule has 2 fully saturated rings. The maximum Gasteiger partial charge on any atom is 0.0255 e. The first-order chi connectivity index (χ1) is 9.67. The summed E-state index contributed by atoms with van der Waals surface area (Å²) in [4.78, 5) is 2.88. The van der Waals surface area contributed by atoms with Gasteiger partial charge in [-0.1, -0.05) is 27.7 Å². The SMILES string of the molecule is CCCNC1CCC(C(C)C)CC1N(CCC)C1CC1. The Bertz CT molecular complexity index is 273. The summed E-state index contributed by atoms with van der Waals surface area (Å²) < 4.78 is 0. The topological polar surface area (TPSA) is 15.3 Å². The highest BCUT2D eigenvalue weighted by Crippen LogP contribution is 2.37. The summed E-state index contributed by atoms with van der Waals surface area (Å²) in [5, 5.41) is 3.86. The molecule has 0 aromatic heterocycles. The maximum absolute atomic E-state index is 3.86. The second-order valence-electron chi connectivity index (χ2n) is 7.41. The van der Waals surface area contributed by atoms with E-state index in [2.05, 4.69) is 37.9 Å². The average molecular weight is 280 g/mol. The van der Waals surface area contributed by atoms with Crippen molar-refractivity contribution in [3.05, 3.63) is 0 Å². The van der Waals surface area contributed by atoms with Crippen molar-refractivity contribution in [3.63, 3.8) is 0 Å². The number of nitrogens with zero attached hydrogens (tertiary/aromatic N) is 1. The second kappa shape index (κ2) is 7.79. The minimum Gasteiger partial charge on any atom is -0.312 e. The first-order valence-electron chi connectivity index (χ1n) is 9.16. The zero-order valence-electron chi connectivity index (χ0n) is 14.2. The van der Waals surface area contributed by atoms with Crippen molar-refractivity contribution in [2.45, 2.75) is 90.8 Å². The van der Waals surface area contributed by atoms with E-state index in [9.17, 15) is 0 Å². The van der Waals surface area contributed by atoms with Crippen LogP contribution in [0.5, 0.6) is 0 Å². The molecule has 0 radical (unpaired) electrons. The van der Waals surface area contributed by atoms with Crippen LogP contribution in [0.4, 0.5) is 0 Å². The zero-order chi connectivity index (χ0) is 14.5. The van der Waals surface area contributed by atoms with Gasteiger partial charge in [0, 0.05) is 18.1 Å². The summed E-state index contributed by atoms with van der Waals surface area (Å²) in [6.45, 7) is 12.0. The van der Waals surface area contributed by atoms with Gasteiger partial charge in [-0.3, -0.25) is 4.90 Å². The molecule has 0 bridgehead atoms. The summed E-state index contributed by atoms with van der Waals surface area (Å²) in [6, 6.07) is 2.46. The molecule has 0 aromatic rings. The maximum atomic E-state index is 3.86. The molecule has 2 rings (SSSR count). The summed E-state index contributed by atoms with van der Waals surface area (Å²) in [5.41, 5.74) is 0. The molecule has 0 aromatic carbocycles. The van der Waals surface area contributed by atoms with Gasteiger partial charge in [0.1, 0.15) is 0 Å². The second-order valence-corrected chi connectivity index (χ2v) is 7.41. The van der Waals surface area contributed by atoms with Gasteiger partial charge in [0.15, 0.2) is 0 Å². The lowest BCUT2D eigenvalue weighted by Gasteiger charge is -2.44. The summed E-state index contributed by atoms with van der Waals surface area (Å²) in [6.07, 6.45) is 9.71. The Morgan fingerprint density at radius 3 is 2.35 bits per heavy atom. The van der Waals surface area contributed by atoms with Crippen molar-refractivity contribution in [1.82, 2.24) is 10.2 Å². The molecule has 2 heteroatoms. The van der Waals surface area contributed by atoms with Crippen molar-refractivity contribution in [2.24, 2.45) is 11.8 Å². The monoisotopic (exact) mass is 280 g/mol. The predicted molar refractivity (Wildman–Crippen MR) is 88.1 cm³/mol. The summed E-state index contributed by atoms with van der Waals surface area (Å²) in [5.74, 6) is 1.80. The largest absolute Gasteiger partial charge is 0.312 e. The van der Waals surface area contributed by atoms with Gasteiger partial charge >= 0.3 is 0 Å². The van der Waals surface area contributed by atoms with E-state index < -0.39 is 0 Å². The van der Waals surface area contributed by atoms with Crippen LogP contribution in [0.3, 0.4) is 0 Å². The lowest BCUT2D eigenvalue weighted by atomic mass is 9.76. The lowest BCUT2D eigenvalue weighted by Crippen LogP contribution is -2.54. The van der Waals surface area contributed by atoms with Gasteiger partial charge in [-0.15, -0.1) is 0 Å². The lowest BCUT2D eigenvalue weighted by molar-refractivity contribution is 0.0765. The van der Waals surface area contributed by atoms with Crippen LogP contribution in [0, 0.1) is 11.8 Å². The van der Waals surface area contributed by atoms with Gasteiger partial charge in [0.25, 0.3) is 0 Å². The molecule has 0 aliphatic heterocycles. The Morgan fingerprint density at radius 1 is 1.05 bits per heavy atom. The number of hydrogen-bond donors (Lipinski definition) is 1.